The number of aliphatic hydroxyl groups excluding tert-OH is 1. The van der Waals surface area contributed by atoms with E-state index in [0.717, 1.165) is 18.7 Å². The molecule has 1 fully saturated rings. The van der Waals surface area contributed by atoms with Crippen LogP contribution in [0.4, 0.5) is 0 Å². The summed E-state index contributed by atoms with van der Waals surface area (Å²) in [5.41, 5.74) is 0.813. The molecule has 1 aromatic heterocycles. The molecule has 5 nitrogen and oxygen atoms in total. The molecule has 0 amide bonds. The zero-order valence-electron chi connectivity index (χ0n) is 11.5. The Balaban J connectivity index is 1.80. The van der Waals surface area contributed by atoms with Gasteiger partial charge in [0, 0.05) is 18.7 Å². The van der Waals surface area contributed by atoms with Gasteiger partial charge in [-0.3, -0.25) is 4.90 Å². The lowest BCUT2D eigenvalue weighted by Gasteiger charge is -2.12. The van der Waals surface area contributed by atoms with Crippen LogP contribution >= 0.6 is 0 Å². The third kappa shape index (κ3) is 2.99. The lowest BCUT2D eigenvalue weighted by atomic mass is 10.1. The highest BCUT2D eigenvalue weighted by atomic mass is 16.4. The first-order valence-electron chi connectivity index (χ1n) is 6.95. The number of carboxylic acids is 1. The number of likely N-dealkylation sites (tertiary alicyclic amines) is 1. The number of furan rings is 1. The van der Waals surface area contributed by atoms with E-state index in [1.807, 2.05) is 6.07 Å². The number of hydrogen-bond acceptors (Lipinski definition) is 4. The average Bonchev–Trinajstić information content (AvgIpc) is 3.08. The number of carboxylic acid groups (broad SMARTS) is 1. The van der Waals surface area contributed by atoms with Crippen molar-refractivity contribution in [2.24, 2.45) is 0 Å². The predicted molar refractivity (Wildman–Crippen MR) is 77.0 cm³/mol. The van der Waals surface area contributed by atoms with Gasteiger partial charge in [0.25, 0.3) is 0 Å². The minimum absolute atomic E-state index is 0.231. The van der Waals surface area contributed by atoms with E-state index < -0.39 is 5.97 Å². The average molecular weight is 287 g/mol. The van der Waals surface area contributed by atoms with Gasteiger partial charge in [0.15, 0.2) is 0 Å². The number of β-amino-alcohol motifs (C(OH)–C–C–N with tert-alkyl or cyclic N) is 1. The minimum Gasteiger partial charge on any atom is -0.478 e. The summed E-state index contributed by atoms with van der Waals surface area (Å²) < 4.78 is 5.77. The SMILES string of the molecule is O=C(O)c1ccccc1-c1ccc(CN2CCC(O)C2)o1. The van der Waals surface area contributed by atoms with Gasteiger partial charge in [0.05, 0.1) is 18.2 Å². The molecule has 5 heteroatoms. The van der Waals surface area contributed by atoms with E-state index >= 15 is 0 Å². The second-order valence-electron chi connectivity index (χ2n) is 5.29. The molecule has 1 aromatic carbocycles. The minimum atomic E-state index is -0.966. The molecule has 1 aliphatic heterocycles. The second-order valence-corrected chi connectivity index (χ2v) is 5.29. The third-order valence-corrected chi connectivity index (χ3v) is 3.71. The van der Waals surface area contributed by atoms with Crippen molar-refractivity contribution in [1.29, 1.82) is 0 Å². The fraction of sp³-hybridized carbons (Fsp3) is 0.312. The van der Waals surface area contributed by atoms with Gasteiger partial charge >= 0.3 is 5.97 Å². The van der Waals surface area contributed by atoms with Gasteiger partial charge in [-0.1, -0.05) is 18.2 Å². The molecule has 0 radical (unpaired) electrons. The number of aromatic carboxylic acids is 1. The maximum absolute atomic E-state index is 11.2. The van der Waals surface area contributed by atoms with E-state index in [1.54, 1.807) is 30.3 Å². The first-order valence-corrected chi connectivity index (χ1v) is 6.95. The molecular weight excluding hydrogens is 270 g/mol. The molecule has 110 valence electrons. The van der Waals surface area contributed by atoms with Crippen LogP contribution in [0, 0.1) is 0 Å². The van der Waals surface area contributed by atoms with E-state index in [-0.39, 0.29) is 11.7 Å². The van der Waals surface area contributed by atoms with Crippen molar-refractivity contribution in [2.45, 2.75) is 19.1 Å². The molecule has 0 spiro atoms. The Hall–Kier alpha value is -2.11. The number of nitrogens with zero attached hydrogens (tertiary/aromatic N) is 1. The van der Waals surface area contributed by atoms with Crippen molar-refractivity contribution in [3.8, 4) is 11.3 Å². The largest absolute Gasteiger partial charge is 0.478 e. The highest BCUT2D eigenvalue weighted by Gasteiger charge is 2.21. The van der Waals surface area contributed by atoms with Crippen molar-refractivity contribution < 1.29 is 19.4 Å². The standard InChI is InChI=1S/C16H17NO4/c18-11-7-8-17(9-11)10-12-5-6-15(21-12)13-3-1-2-4-14(13)16(19)20/h1-6,11,18H,7-10H2,(H,19,20). The Morgan fingerprint density at radius 3 is 2.81 bits per heavy atom. The van der Waals surface area contributed by atoms with Crippen LogP contribution in [0.1, 0.15) is 22.5 Å². The summed E-state index contributed by atoms with van der Waals surface area (Å²) in [4.78, 5) is 13.4. The van der Waals surface area contributed by atoms with Crippen molar-refractivity contribution in [3.05, 3.63) is 47.7 Å². The molecule has 21 heavy (non-hydrogen) atoms. The number of rotatable bonds is 4. The van der Waals surface area contributed by atoms with Crippen LogP contribution in [0.3, 0.4) is 0 Å². The van der Waals surface area contributed by atoms with Crippen molar-refractivity contribution >= 4 is 5.97 Å². The van der Waals surface area contributed by atoms with Crippen LogP contribution in [0.15, 0.2) is 40.8 Å². The highest BCUT2D eigenvalue weighted by Crippen LogP contribution is 2.27. The van der Waals surface area contributed by atoms with Gasteiger partial charge in [-0.05, 0) is 24.6 Å². The summed E-state index contributed by atoms with van der Waals surface area (Å²) in [6.45, 7) is 2.14. The smallest absolute Gasteiger partial charge is 0.336 e. The Bertz CT molecular complexity index is 649. The molecule has 0 aliphatic carbocycles. The molecule has 2 aromatic rings. The van der Waals surface area contributed by atoms with Crippen molar-refractivity contribution in [1.82, 2.24) is 4.90 Å². The van der Waals surface area contributed by atoms with Crippen molar-refractivity contribution in [2.75, 3.05) is 13.1 Å². The normalized spacial score (nSPS) is 19.0. The molecule has 1 atom stereocenters. The second kappa shape index (κ2) is 5.71. The Kier molecular flexibility index (Phi) is 3.77. The Morgan fingerprint density at radius 1 is 1.29 bits per heavy atom. The summed E-state index contributed by atoms with van der Waals surface area (Å²) in [6, 6.07) is 10.5. The van der Waals surface area contributed by atoms with Gasteiger partial charge in [-0.25, -0.2) is 4.79 Å². The molecule has 2 heterocycles. The lowest BCUT2D eigenvalue weighted by Crippen LogP contribution is -2.21. The van der Waals surface area contributed by atoms with Gasteiger partial charge in [0.2, 0.25) is 0 Å². The zero-order valence-corrected chi connectivity index (χ0v) is 11.5. The number of hydrogen-bond donors (Lipinski definition) is 2. The fourth-order valence-corrected chi connectivity index (χ4v) is 2.67. The van der Waals surface area contributed by atoms with E-state index in [1.165, 1.54) is 0 Å². The van der Waals surface area contributed by atoms with Gasteiger partial charge in [-0.15, -0.1) is 0 Å². The van der Waals surface area contributed by atoms with Crippen LogP contribution in [0.5, 0.6) is 0 Å². The quantitative estimate of drug-likeness (QED) is 0.902. The summed E-state index contributed by atoms with van der Waals surface area (Å²) >= 11 is 0. The predicted octanol–water partition coefficient (Wildman–Crippen LogP) is 2.21. The lowest BCUT2D eigenvalue weighted by molar-refractivity contribution is 0.0697. The van der Waals surface area contributed by atoms with E-state index in [4.69, 9.17) is 4.42 Å². The van der Waals surface area contributed by atoms with Crippen LogP contribution in [-0.4, -0.2) is 40.3 Å². The van der Waals surface area contributed by atoms with Gasteiger partial charge in [-0.2, -0.15) is 0 Å². The van der Waals surface area contributed by atoms with Crippen molar-refractivity contribution in [3.63, 3.8) is 0 Å². The molecule has 3 rings (SSSR count). The molecule has 2 N–H and O–H groups in total. The maximum Gasteiger partial charge on any atom is 0.336 e. The first-order chi connectivity index (χ1) is 10.1. The zero-order chi connectivity index (χ0) is 14.8. The topological polar surface area (TPSA) is 73.9 Å². The summed E-state index contributed by atoms with van der Waals surface area (Å²) in [6.07, 6.45) is 0.530. The molecule has 1 aliphatic rings. The van der Waals surface area contributed by atoms with E-state index in [0.29, 0.717) is 24.4 Å². The highest BCUT2D eigenvalue weighted by molar-refractivity contribution is 5.95. The van der Waals surface area contributed by atoms with E-state index in [9.17, 15) is 15.0 Å². The van der Waals surface area contributed by atoms with E-state index in [2.05, 4.69) is 4.90 Å². The summed E-state index contributed by atoms with van der Waals surface area (Å²) in [7, 11) is 0. The third-order valence-electron chi connectivity index (χ3n) is 3.71. The summed E-state index contributed by atoms with van der Waals surface area (Å²) in [5, 5.41) is 18.7. The maximum atomic E-state index is 11.2. The monoisotopic (exact) mass is 287 g/mol. The van der Waals surface area contributed by atoms with Crippen LogP contribution < -0.4 is 0 Å². The first kappa shape index (κ1) is 13.9. The fourth-order valence-electron chi connectivity index (χ4n) is 2.67. The molecule has 0 bridgehead atoms. The molecule has 0 saturated carbocycles. The van der Waals surface area contributed by atoms with Crippen LogP contribution in [0.25, 0.3) is 11.3 Å². The number of aliphatic hydroxyl groups is 1. The molecular formula is C16H17NO4. The molecule has 1 saturated heterocycles. The number of benzene rings is 1. The van der Waals surface area contributed by atoms with Crippen LogP contribution in [-0.2, 0) is 6.54 Å². The Labute approximate surface area is 122 Å². The van der Waals surface area contributed by atoms with Crippen LogP contribution in [0.2, 0.25) is 0 Å². The summed E-state index contributed by atoms with van der Waals surface area (Å²) in [5.74, 6) is 0.369. The number of carbonyl (C=O) groups is 1. The van der Waals surface area contributed by atoms with Gasteiger partial charge < -0.3 is 14.6 Å². The Morgan fingerprint density at radius 2 is 2.10 bits per heavy atom. The molecule has 1 unspecified atom stereocenters. The van der Waals surface area contributed by atoms with Gasteiger partial charge in [0.1, 0.15) is 11.5 Å².